The predicted octanol–water partition coefficient (Wildman–Crippen LogP) is 3.67. The van der Waals surface area contributed by atoms with Crippen LogP contribution >= 0.6 is 27.7 Å². The minimum Gasteiger partial charge on any atom is -0.327 e. The van der Waals surface area contributed by atoms with Crippen molar-refractivity contribution < 1.29 is 0 Å². The van der Waals surface area contributed by atoms with Crippen LogP contribution in [0.5, 0.6) is 0 Å². The maximum Gasteiger partial charge on any atom is 0.0311 e. The second-order valence-corrected chi connectivity index (χ2v) is 6.01. The normalized spacial score (nSPS) is 18.5. The quantitative estimate of drug-likeness (QED) is 0.855. The van der Waals surface area contributed by atoms with E-state index < -0.39 is 0 Å². The van der Waals surface area contributed by atoms with Crippen LogP contribution in [0.1, 0.15) is 19.3 Å². The molecule has 1 unspecified atom stereocenters. The zero-order chi connectivity index (χ0) is 10.7. The molecule has 1 aliphatic carbocycles. The molecule has 1 saturated carbocycles. The third kappa shape index (κ3) is 2.99. The number of halogens is 1. The molecule has 0 saturated heterocycles. The maximum absolute atomic E-state index is 6.14. The summed E-state index contributed by atoms with van der Waals surface area (Å²) in [5.41, 5.74) is 6.14. The van der Waals surface area contributed by atoms with Crippen LogP contribution in [0, 0.1) is 5.92 Å². The smallest absolute Gasteiger partial charge is 0.0311 e. The summed E-state index contributed by atoms with van der Waals surface area (Å²) in [5, 5.41) is 0. The van der Waals surface area contributed by atoms with Gasteiger partial charge >= 0.3 is 0 Å². The highest BCUT2D eigenvalue weighted by molar-refractivity contribution is 9.10. The Bertz CT molecular complexity index is 325. The molecule has 0 radical (unpaired) electrons. The molecule has 3 heteroatoms. The molecule has 1 aromatic rings. The number of hydrogen-bond acceptors (Lipinski definition) is 2. The molecule has 0 spiro atoms. The molecule has 0 heterocycles. The predicted molar refractivity (Wildman–Crippen MR) is 70.2 cm³/mol. The second-order valence-electron chi connectivity index (χ2n) is 4.10. The molecule has 2 rings (SSSR count). The second kappa shape index (κ2) is 5.37. The van der Waals surface area contributed by atoms with Gasteiger partial charge in [-0.05, 0) is 46.8 Å². The molecule has 1 fully saturated rings. The van der Waals surface area contributed by atoms with Crippen molar-refractivity contribution in [3.05, 3.63) is 28.7 Å². The minimum absolute atomic E-state index is 0.371. The van der Waals surface area contributed by atoms with E-state index in [1.807, 2.05) is 17.8 Å². The molecule has 2 N–H and O–H groups in total. The fourth-order valence-electron chi connectivity index (χ4n) is 1.75. The Hall–Kier alpha value is 0.01000. The Balaban J connectivity index is 1.84. The zero-order valence-electron chi connectivity index (χ0n) is 8.66. The fraction of sp³-hybridized carbons (Fsp3) is 0.500. The van der Waals surface area contributed by atoms with E-state index >= 15 is 0 Å². The summed E-state index contributed by atoms with van der Waals surface area (Å²) in [4.78, 5) is 1.30. The van der Waals surface area contributed by atoms with Gasteiger partial charge in [-0.1, -0.05) is 18.6 Å². The molecule has 0 aromatic heterocycles. The molecule has 82 valence electrons. The molecular weight excluding hydrogens is 270 g/mol. The van der Waals surface area contributed by atoms with Crippen LogP contribution < -0.4 is 5.73 Å². The first-order valence-electron chi connectivity index (χ1n) is 5.40. The molecule has 1 aliphatic rings. The summed E-state index contributed by atoms with van der Waals surface area (Å²) in [5.74, 6) is 1.81. The van der Waals surface area contributed by atoms with E-state index in [0.29, 0.717) is 6.04 Å². The molecule has 0 bridgehead atoms. The molecular formula is C12H16BrNS. The van der Waals surface area contributed by atoms with Crippen molar-refractivity contribution >= 4 is 27.7 Å². The molecule has 1 nitrogen and oxygen atoms in total. The van der Waals surface area contributed by atoms with Crippen molar-refractivity contribution in [3.8, 4) is 0 Å². The Morgan fingerprint density at radius 3 is 2.73 bits per heavy atom. The van der Waals surface area contributed by atoms with E-state index in [9.17, 15) is 0 Å². The Morgan fingerprint density at radius 2 is 2.13 bits per heavy atom. The highest BCUT2D eigenvalue weighted by atomic mass is 79.9. The average Bonchev–Trinajstić information content (AvgIpc) is 2.14. The first-order valence-corrected chi connectivity index (χ1v) is 7.18. The zero-order valence-corrected chi connectivity index (χ0v) is 11.1. The lowest BCUT2D eigenvalue weighted by Crippen LogP contribution is -2.36. The fourth-order valence-corrected chi connectivity index (χ4v) is 3.40. The highest BCUT2D eigenvalue weighted by Crippen LogP contribution is 2.33. The molecule has 0 aliphatic heterocycles. The Labute approximate surface area is 104 Å². The van der Waals surface area contributed by atoms with Gasteiger partial charge in [-0.15, -0.1) is 11.8 Å². The SMILES string of the molecule is NC(CSc1ccccc1Br)C1CCC1. The van der Waals surface area contributed by atoms with Gasteiger partial charge in [0.05, 0.1) is 0 Å². The molecule has 1 aromatic carbocycles. The topological polar surface area (TPSA) is 26.0 Å². The molecule has 0 amide bonds. The number of hydrogen-bond donors (Lipinski definition) is 1. The van der Waals surface area contributed by atoms with Gasteiger partial charge in [0, 0.05) is 21.2 Å². The third-order valence-electron chi connectivity index (χ3n) is 3.02. The minimum atomic E-state index is 0.371. The summed E-state index contributed by atoms with van der Waals surface area (Å²) in [6.45, 7) is 0. The van der Waals surface area contributed by atoms with Gasteiger partial charge in [0.2, 0.25) is 0 Å². The van der Waals surface area contributed by atoms with Crippen molar-refractivity contribution in [3.63, 3.8) is 0 Å². The van der Waals surface area contributed by atoms with Gasteiger partial charge in [0.1, 0.15) is 0 Å². The van der Waals surface area contributed by atoms with Gasteiger partial charge in [-0.3, -0.25) is 0 Å². The van der Waals surface area contributed by atoms with Crippen molar-refractivity contribution in [2.75, 3.05) is 5.75 Å². The number of nitrogens with two attached hydrogens (primary N) is 1. The van der Waals surface area contributed by atoms with Gasteiger partial charge in [0.25, 0.3) is 0 Å². The van der Waals surface area contributed by atoms with Gasteiger partial charge in [0.15, 0.2) is 0 Å². The van der Waals surface area contributed by atoms with E-state index in [2.05, 4.69) is 34.1 Å². The Kier molecular flexibility index (Phi) is 4.12. The van der Waals surface area contributed by atoms with Crippen LogP contribution in [0.25, 0.3) is 0 Å². The summed E-state index contributed by atoms with van der Waals surface area (Å²) in [6.07, 6.45) is 4.04. The van der Waals surface area contributed by atoms with Crippen molar-refractivity contribution in [1.29, 1.82) is 0 Å². The first kappa shape index (κ1) is 11.5. The van der Waals surface area contributed by atoms with Crippen LogP contribution in [0.4, 0.5) is 0 Å². The summed E-state index contributed by atoms with van der Waals surface area (Å²) >= 11 is 5.41. The van der Waals surface area contributed by atoms with Crippen LogP contribution in [-0.2, 0) is 0 Å². The van der Waals surface area contributed by atoms with Crippen molar-refractivity contribution in [2.45, 2.75) is 30.2 Å². The van der Waals surface area contributed by atoms with Crippen molar-refractivity contribution in [1.82, 2.24) is 0 Å². The average molecular weight is 286 g/mol. The monoisotopic (exact) mass is 285 g/mol. The van der Waals surface area contributed by atoms with Gasteiger partial charge in [-0.2, -0.15) is 0 Å². The lowest BCUT2D eigenvalue weighted by Gasteiger charge is -2.31. The summed E-state index contributed by atoms with van der Waals surface area (Å²) in [7, 11) is 0. The van der Waals surface area contributed by atoms with E-state index in [0.717, 1.165) is 11.7 Å². The Morgan fingerprint density at radius 1 is 1.40 bits per heavy atom. The largest absolute Gasteiger partial charge is 0.327 e. The van der Waals surface area contributed by atoms with Crippen LogP contribution in [0.3, 0.4) is 0 Å². The van der Waals surface area contributed by atoms with Gasteiger partial charge < -0.3 is 5.73 Å². The van der Waals surface area contributed by atoms with E-state index in [4.69, 9.17) is 5.73 Å². The molecule has 1 atom stereocenters. The van der Waals surface area contributed by atoms with Gasteiger partial charge in [-0.25, -0.2) is 0 Å². The maximum atomic E-state index is 6.14. The van der Waals surface area contributed by atoms with Crippen molar-refractivity contribution in [2.24, 2.45) is 11.7 Å². The number of thioether (sulfide) groups is 1. The first-order chi connectivity index (χ1) is 7.27. The molecule has 15 heavy (non-hydrogen) atoms. The number of benzene rings is 1. The summed E-state index contributed by atoms with van der Waals surface area (Å²) in [6, 6.07) is 8.71. The van der Waals surface area contributed by atoms with E-state index in [1.165, 1.54) is 28.6 Å². The lowest BCUT2D eigenvalue weighted by molar-refractivity contribution is 0.276. The number of rotatable bonds is 4. The van der Waals surface area contributed by atoms with E-state index in [-0.39, 0.29) is 0 Å². The standard InChI is InChI=1S/C12H16BrNS/c13-10-6-1-2-7-12(10)15-8-11(14)9-4-3-5-9/h1-2,6-7,9,11H,3-5,8,14H2. The van der Waals surface area contributed by atoms with Crippen LogP contribution in [0.2, 0.25) is 0 Å². The van der Waals surface area contributed by atoms with E-state index in [1.54, 1.807) is 0 Å². The lowest BCUT2D eigenvalue weighted by atomic mass is 9.81. The van der Waals surface area contributed by atoms with Crippen LogP contribution in [0.15, 0.2) is 33.6 Å². The summed E-state index contributed by atoms with van der Waals surface area (Å²) < 4.78 is 1.18. The third-order valence-corrected chi connectivity index (χ3v) is 5.20. The highest BCUT2D eigenvalue weighted by Gasteiger charge is 2.24. The van der Waals surface area contributed by atoms with Crippen LogP contribution in [-0.4, -0.2) is 11.8 Å².